The number of imidazole rings is 1. The Hall–Kier alpha value is -1.16. The molecule has 1 unspecified atom stereocenters. The molecule has 3 rings (SSSR count). The van der Waals surface area contributed by atoms with Gasteiger partial charge in [-0.2, -0.15) is 0 Å². The third kappa shape index (κ3) is 1.99. The van der Waals surface area contributed by atoms with E-state index in [1.807, 2.05) is 12.3 Å². The van der Waals surface area contributed by atoms with Crippen molar-refractivity contribution in [2.75, 3.05) is 0 Å². The van der Waals surface area contributed by atoms with Crippen LogP contribution in [0.15, 0.2) is 12.3 Å². The predicted octanol–water partition coefficient (Wildman–Crippen LogP) is 4.15. The Morgan fingerprint density at radius 3 is 3.00 bits per heavy atom. The van der Waals surface area contributed by atoms with Crippen molar-refractivity contribution in [2.45, 2.75) is 45.6 Å². The summed E-state index contributed by atoms with van der Waals surface area (Å²) in [4.78, 5) is 7.84. The molecule has 1 N–H and O–H groups in total. The van der Waals surface area contributed by atoms with Gasteiger partial charge in [0, 0.05) is 12.2 Å². The third-order valence-electron chi connectivity index (χ3n) is 3.96. The molecule has 0 saturated heterocycles. The van der Waals surface area contributed by atoms with Crippen LogP contribution in [0, 0.1) is 17.6 Å². The molecule has 1 aliphatic rings. The summed E-state index contributed by atoms with van der Waals surface area (Å²) in [7, 11) is 0. The maximum Gasteiger partial charge on any atom is 0.179 e. The van der Waals surface area contributed by atoms with Crippen molar-refractivity contribution in [3.8, 4) is 0 Å². The minimum absolute atomic E-state index is 0.494. The van der Waals surface area contributed by atoms with Gasteiger partial charge in [-0.1, -0.05) is 19.8 Å². The van der Waals surface area contributed by atoms with Gasteiger partial charge in [-0.05, 0) is 49.5 Å². The second-order valence-corrected chi connectivity index (χ2v) is 5.75. The van der Waals surface area contributed by atoms with E-state index in [-0.39, 0.29) is 0 Å². The molecule has 2 aromatic rings. The number of fused-ring (bicyclic) bond motifs is 1. The molecule has 3 nitrogen and oxygen atoms in total. The Bertz CT molecular complexity index is 621. The molecule has 0 bridgehead atoms. The van der Waals surface area contributed by atoms with Crippen LogP contribution in [0.1, 0.15) is 44.2 Å². The minimum atomic E-state index is 0.494. The second-order valence-electron chi connectivity index (χ2n) is 5.37. The molecule has 0 aromatic carbocycles. The van der Waals surface area contributed by atoms with Crippen LogP contribution in [-0.4, -0.2) is 14.5 Å². The number of hydrogen-bond donors (Lipinski definition) is 1. The van der Waals surface area contributed by atoms with Crippen molar-refractivity contribution < 1.29 is 0 Å². The highest BCUT2D eigenvalue weighted by Crippen LogP contribution is 2.38. The zero-order chi connectivity index (χ0) is 12.7. The molecule has 0 spiro atoms. The van der Waals surface area contributed by atoms with Gasteiger partial charge < -0.3 is 4.98 Å². The normalized spacial score (nSPS) is 17.2. The van der Waals surface area contributed by atoms with Crippen LogP contribution in [0.5, 0.6) is 0 Å². The smallest absolute Gasteiger partial charge is 0.179 e. The monoisotopic (exact) mass is 261 g/mol. The van der Waals surface area contributed by atoms with Gasteiger partial charge in [0.25, 0.3) is 0 Å². The molecule has 18 heavy (non-hydrogen) atoms. The second kappa shape index (κ2) is 4.50. The summed E-state index contributed by atoms with van der Waals surface area (Å²) in [6.07, 6.45) is 7.01. The fourth-order valence-corrected chi connectivity index (χ4v) is 3.01. The summed E-state index contributed by atoms with van der Waals surface area (Å²) in [5.41, 5.74) is 3.33. The molecule has 0 amide bonds. The van der Waals surface area contributed by atoms with Gasteiger partial charge in [-0.15, -0.1) is 0 Å². The average Bonchev–Trinajstić information content (AvgIpc) is 3.10. The third-order valence-corrected chi connectivity index (χ3v) is 4.26. The molecule has 0 aliphatic heterocycles. The Balaban J connectivity index is 2.11. The van der Waals surface area contributed by atoms with E-state index in [9.17, 15) is 0 Å². The molecule has 1 fully saturated rings. The lowest BCUT2D eigenvalue weighted by Gasteiger charge is -2.16. The van der Waals surface area contributed by atoms with Crippen LogP contribution < -0.4 is 0 Å². The molecular formula is C14H19N3S. The van der Waals surface area contributed by atoms with Gasteiger partial charge in [0.05, 0.1) is 5.52 Å². The fraction of sp³-hybridized carbons (Fsp3) is 0.571. The lowest BCUT2D eigenvalue weighted by atomic mass is 10.1. The summed E-state index contributed by atoms with van der Waals surface area (Å²) in [6.45, 7) is 4.34. The zero-order valence-corrected chi connectivity index (χ0v) is 11.8. The number of aromatic amines is 1. The van der Waals surface area contributed by atoms with Gasteiger partial charge in [-0.25, -0.2) is 4.98 Å². The number of nitrogens with one attached hydrogen (secondary N) is 1. The maximum absolute atomic E-state index is 5.50. The van der Waals surface area contributed by atoms with E-state index < -0.39 is 0 Å². The molecule has 1 saturated carbocycles. The molecule has 1 aliphatic carbocycles. The highest BCUT2D eigenvalue weighted by molar-refractivity contribution is 7.71. The SMILES string of the molecule is CCC(CC1CC1)n1c(=S)[nH]c2c(C)ccnc21. The van der Waals surface area contributed by atoms with Crippen LogP contribution in [0.3, 0.4) is 0 Å². The van der Waals surface area contributed by atoms with Crippen LogP contribution in [0.4, 0.5) is 0 Å². The quantitative estimate of drug-likeness (QED) is 0.839. The Labute approximate surface area is 112 Å². The number of aryl methyl sites for hydroxylation is 1. The van der Waals surface area contributed by atoms with Crippen molar-refractivity contribution >= 4 is 23.4 Å². The van der Waals surface area contributed by atoms with E-state index in [0.717, 1.165) is 28.3 Å². The van der Waals surface area contributed by atoms with E-state index in [2.05, 4.69) is 28.4 Å². The number of H-pyrrole nitrogens is 1. The average molecular weight is 261 g/mol. The van der Waals surface area contributed by atoms with Crippen molar-refractivity contribution in [2.24, 2.45) is 5.92 Å². The van der Waals surface area contributed by atoms with Gasteiger partial charge >= 0.3 is 0 Å². The number of aromatic nitrogens is 3. The Morgan fingerprint density at radius 2 is 2.33 bits per heavy atom. The Morgan fingerprint density at radius 1 is 1.56 bits per heavy atom. The van der Waals surface area contributed by atoms with E-state index in [1.54, 1.807) is 0 Å². The summed E-state index contributed by atoms with van der Waals surface area (Å²) in [5.74, 6) is 0.909. The molecule has 2 aromatic heterocycles. The fourth-order valence-electron chi connectivity index (χ4n) is 2.68. The molecule has 1 atom stereocenters. The van der Waals surface area contributed by atoms with Crippen LogP contribution in [-0.2, 0) is 0 Å². The van der Waals surface area contributed by atoms with E-state index in [1.165, 1.54) is 24.8 Å². The van der Waals surface area contributed by atoms with Crippen LogP contribution in [0.2, 0.25) is 0 Å². The van der Waals surface area contributed by atoms with Crippen molar-refractivity contribution in [3.05, 3.63) is 22.6 Å². The minimum Gasteiger partial charge on any atom is -0.329 e. The maximum atomic E-state index is 5.50. The summed E-state index contributed by atoms with van der Waals surface area (Å²) in [5, 5.41) is 0. The molecule has 0 radical (unpaired) electrons. The molecular weight excluding hydrogens is 242 g/mol. The van der Waals surface area contributed by atoms with Crippen molar-refractivity contribution in [1.29, 1.82) is 0 Å². The number of nitrogens with zero attached hydrogens (tertiary/aromatic N) is 2. The molecule has 4 heteroatoms. The first-order chi connectivity index (χ1) is 8.70. The number of hydrogen-bond acceptors (Lipinski definition) is 2. The van der Waals surface area contributed by atoms with E-state index >= 15 is 0 Å². The van der Waals surface area contributed by atoms with Gasteiger partial charge in [0.2, 0.25) is 0 Å². The number of pyridine rings is 1. The first-order valence-electron chi connectivity index (χ1n) is 6.76. The highest BCUT2D eigenvalue weighted by atomic mass is 32.1. The van der Waals surface area contributed by atoms with Crippen molar-refractivity contribution in [1.82, 2.24) is 14.5 Å². The Kier molecular flexibility index (Phi) is 2.98. The van der Waals surface area contributed by atoms with Gasteiger partial charge in [0.1, 0.15) is 0 Å². The summed E-state index contributed by atoms with van der Waals surface area (Å²) < 4.78 is 3.05. The zero-order valence-electron chi connectivity index (χ0n) is 10.9. The van der Waals surface area contributed by atoms with Crippen LogP contribution in [0.25, 0.3) is 11.2 Å². The van der Waals surface area contributed by atoms with E-state index in [0.29, 0.717) is 6.04 Å². The molecule has 96 valence electrons. The van der Waals surface area contributed by atoms with E-state index in [4.69, 9.17) is 12.2 Å². The lowest BCUT2D eigenvalue weighted by molar-refractivity contribution is 0.432. The number of rotatable bonds is 4. The van der Waals surface area contributed by atoms with Gasteiger partial charge in [-0.3, -0.25) is 4.57 Å². The highest BCUT2D eigenvalue weighted by Gasteiger charge is 2.27. The van der Waals surface area contributed by atoms with Crippen LogP contribution >= 0.6 is 12.2 Å². The first kappa shape index (κ1) is 11.9. The van der Waals surface area contributed by atoms with Crippen molar-refractivity contribution in [3.63, 3.8) is 0 Å². The lowest BCUT2D eigenvalue weighted by Crippen LogP contribution is -2.09. The topological polar surface area (TPSA) is 33.6 Å². The summed E-state index contributed by atoms with van der Waals surface area (Å²) >= 11 is 5.50. The molecule has 2 heterocycles. The first-order valence-corrected chi connectivity index (χ1v) is 7.17. The standard InChI is InChI=1S/C14H19N3S/c1-3-11(8-10-4-5-10)17-13-12(16-14(17)18)9(2)6-7-15-13/h6-7,10-11H,3-5,8H2,1-2H3,(H,16,18). The predicted molar refractivity (Wildman–Crippen MR) is 76.3 cm³/mol. The largest absolute Gasteiger partial charge is 0.329 e. The van der Waals surface area contributed by atoms with Gasteiger partial charge in [0.15, 0.2) is 10.4 Å². The summed E-state index contributed by atoms with van der Waals surface area (Å²) in [6, 6.07) is 2.52.